The second kappa shape index (κ2) is 5.26. The highest BCUT2D eigenvalue weighted by Gasteiger charge is 1.98. The predicted molar refractivity (Wildman–Crippen MR) is 58.9 cm³/mol. The van der Waals surface area contributed by atoms with Gasteiger partial charge in [-0.3, -0.25) is 9.79 Å². The largest absolute Gasteiger partial charge is 0.515 e. The number of halogens is 1. The van der Waals surface area contributed by atoms with Crippen molar-refractivity contribution in [3.63, 3.8) is 0 Å². The lowest BCUT2D eigenvalue weighted by atomic mass is 10.3. The summed E-state index contributed by atoms with van der Waals surface area (Å²) in [7, 11) is 0. The molecule has 0 aliphatic carbocycles. The van der Waals surface area contributed by atoms with Crippen molar-refractivity contribution in [1.82, 2.24) is 4.98 Å². The molecule has 0 radical (unpaired) electrons. The Morgan fingerprint density at radius 1 is 1.60 bits per heavy atom. The molecule has 78 valence electrons. The average Bonchev–Trinajstić information content (AvgIpc) is 2.22. The van der Waals surface area contributed by atoms with Gasteiger partial charge < -0.3 is 5.11 Å². The van der Waals surface area contributed by atoms with Gasteiger partial charge in [-0.1, -0.05) is 11.6 Å². The molecule has 1 rings (SSSR count). The van der Waals surface area contributed by atoms with Crippen LogP contribution in [0, 0.1) is 6.92 Å². The molecule has 0 saturated carbocycles. The summed E-state index contributed by atoms with van der Waals surface area (Å²) in [5, 5.41) is 8.98. The lowest BCUT2D eigenvalue weighted by molar-refractivity contribution is -0.104. The summed E-state index contributed by atoms with van der Waals surface area (Å²) >= 11 is 5.66. The van der Waals surface area contributed by atoms with Gasteiger partial charge in [0.1, 0.15) is 5.15 Å². The van der Waals surface area contributed by atoms with E-state index in [-0.39, 0.29) is 5.57 Å². The first-order valence-electron chi connectivity index (χ1n) is 4.14. The summed E-state index contributed by atoms with van der Waals surface area (Å²) < 4.78 is 0. The van der Waals surface area contributed by atoms with Crippen LogP contribution in [0.4, 0.5) is 5.69 Å². The molecule has 0 unspecified atom stereocenters. The fourth-order valence-electron chi connectivity index (χ4n) is 0.898. The molecule has 0 aliphatic rings. The van der Waals surface area contributed by atoms with E-state index in [1.807, 2.05) is 0 Å². The number of aldehydes is 1. The molecule has 0 spiro atoms. The molecule has 0 atom stereocenters. The zero-order valence-electron chi connectivity index (χ0n) is 8.01. The van der Waals surface area contributed by atoms with Gasteiger partial charge in [-0.25, -0.2) is 4.98 Å². The fourth-order valence-corrected chi connectivity index (χ4v) is 1.09. The molecule has 1 N–H and O–H groups in total. The summed E-state index contributed by atoms with van der Waals surface area (Å²) in [6.07, 6.45) is 2.45. The number of aromatic nitrogens is 1. The lowest BCUT2D eigenvalue weighted by Crippen LogP contribution is -1.87. The van der Waals surface area contributed by atoms with Crippen LogP contribution >= 0.6 is 11.6 Å². The number of aliphatic hydroxyl groups is 1. The number of aliphatic hydroxyl groups excluding tert-OH is 1. The van der Waals surface area contributed by atoms with Gasteiger partial charge in [0.05, 0.1) is 23.2 Å². The van der Waals surface area contributed by atoms with Crippen LogP contribution in [0.5, 0.6) is 0 Å². The molecule has 1 heterocycles. The zero-order chi connectivity index (χ0) is 11.3. The third-order valence-corrected chi connectivity index (χ3v) is 1.87. The van der Waals surface area contributed by atoms with Crippen LogP contribution in [0.15, 0.2) is 29.0 Å². The van der Waals surface area contributed by atoms with E-state index in [0.717, 1.165) is 0 Å². The van der Waals surface area contributed by atoms with Gasteiger partial charge in [0.15, 0.2) is 6.29 Å². The molecule has 0 bridgehead atoms. The van der Waals surface area contributed by atoms with Crippen LogP contribution in [0.1, 0.15) is 5.69 Å². The van der Waals surface area contributed by atoms with E-state index < -0.39 is 0 Å². The van der Waals surface area contributed by atoms with Crippen molar-refractivity contribution in [1.29, 1.82) is 0 Å². The lowest BCUT2D eigenvalue weighted by Gasteiger charge is -1.98. The number of pyridine rings is 1. The van der Waals surface area contributed by atoms with Crippen molar-refractivity contribution in [3.05, 3.63) is 34.8 Å². The van der Waals surface area contributed by atoms with Crippen LogP contribution in [-0.2, 0) is 4.79 Å². The maximum absolute atomic E-state index is 10.3. The van der Waals surface area contributed by atoms with Gasteiger partial charge in [-0.05, 0) is 19.1 Å². The Balaban J connectivity index is 2.94. The minimum Gasteiger partial charge on any atom is -0.515 e. The highest BCUT2D eigenvalue weighted by molar-refractivity contribution is 6.29. The topological polar surface area (TPSA) is 62.5 Å². The Labute approximate surface area is 91.9 Å². The SMILES string of the molecule is Cc1nc(Cl)ccc1N=CC(C=O)=CO. The van der Waals surface area contributed by atoms with Crippen molar-refractivity contribution in [2.45, 2.75) is 6.92 Å². The molecule has 0 amide bonds. The van der Waals surface area contributed by atoms with E-state index in [1.54, 1.807) is 19.1 Å². The summed E-state index contributed by atoms with van der Waals surface area (Å²) in [5.41, 5.74) is 1.34. The molecule has 0 aliphatic heterocycles. The third kappa shape index (κ3) is 3.18. The van der Waals surface area contributed by atoms with Gasteiger partial charge in [-0.15, -0.1) is 0 Å². The third-order valence-electron chi connectivity index (χ3n) is 1.66. The van der Waals surface area contributed by atoms with Gasteiger partial charge in [-0.2, -0.15) is 0 Å². The minimum atomic E-state index is 0.0874. The number of aliphatic imine (C=N–C) groups is 1. The maximum Gasteiger partial charge on any atom is 0.154 e. The summed E-state index contributed by atoms with van der Waals surface area (Å²) in [6, 6.07) is 3.28. The smallest absolute Gasteiger partial charge is 0.154 e. The Morgan fingerprint density at radius 3 is 2.87 bits per heavy atom. The maximum atomic E-state index is 10.3. The van der Waals surface area contributed by atoms with Crippen molar-refractivity contribution >= 4 is 29.8 Å². The summed E-state index contributed by atoms with van der Waals surface area (Å²) in [5.74, 6) is 0. The number of aryl methyl sites for hydroxylation is 1. The van der Waals surface area contributed by atoms with E-state index in [1.165, 1.54) is 6.21 Å². The quantitative estimate of drug-likeness (QED) is 0.282. The van der Waals surface area contributed by atoms with Crippen LogP contribution in [0.25, 0.3) is 0 Å². The molecular weight excluding hydrogens is 216 g/mol. The van der Waals surface area contributed by atoms with Crippen LogP contribution < -0.4 is 0 Å². The van der Waals surface area contributed by atoms with E-state index >= 15 is 0 Å². The van der Waals surface area contributed by atoms with Crippen molar-refractivity contribution in [2.75, 3.05) is 0 Å². The van der Waals surface area contributed by atoms with Crippen molar-refractivity contribution in [3.8, 4) is 0 Å². The molecule has 0 aromatic carbocycles. The standard InChI is InChI=1S/C10H9ClN2O2/c1-7-9(2-3-10(11)13-7)12-4-8(5-14)6-15/h2-6,14H,1H3. The second-order valence-corrected chi connectivity index (χ2v) is 3.13. The molecule has 15 heavy (non-hydrogen) atoms. The van der Waals surface area contributed by atoms with E-state index in [9.17, 15) is 4.79 Å². The normalized spacial score (nSPS) is 12.0. The molecule has 1 aromatic rings. The van der Waals surface area contributed by atoms with Crippen molar-refractivity contribution in [2.24, 2.45) is 4.99 Å². The molecule has 0 fully saturated rings. The molecule has 4 nitrogen and oxygen atoms in total. The number of nitrogens with zero attached hydrogens (tertiary/aromatic N) is 2. The summed E-state index contributed by atoms with van der Waals surface area (Å²) in [4.78, 5) is 18.3. The number of hydrogen-bond acceptors (Lipinski definition) is 4. The van der Waals surface area contributed by atoms with Crippen LogP contribution in [0.3, 0.4) is 0 Å². The monoisotopic (exact) mass is 224 g/mol. The Hall–Kier alpha value is -1.68. The van der Waals surface area contributed by atoms with Gasteiger partial charge in [0.2, 0.25) is 0 Å². The predicted octanol–water partition coefficient (Wildman–Crippen LogP) is 2.39. The summed E-state index contributed by atoms with van der Waals surface area (Å²) in [6.45, 7) is 1.75. The number of carbonyl (C=O) groups is 1. The van der Waals surface area contributed by atoms with Gasteiger partial charge in [0, 0.05) is 6.21 Å². The Kier molecular flexibility index (Phi) is 4.00. The number of carbonyl (C=O) groups excluding carboxylic acids is 1. The first-order valence-corrected chi connectivity index (χ1v) is 4.52. The first kappa shape index (κ1) is 11.4. The Bertz CT molecular complexity index is 427. The van der Waals surface area contributed by atoms with Crippen LogP contribution in [0.2, 0.25) is 5.15 Å². The van der Waals surface area contributed by atoms with Gasteiger partial charge in [0.25, 0.3) is 0 Å². The molecule has 0 saturated heterocycles. The molecule has 5 heteroatoms. The van der Waals surface area contributed by atoms with Crippen molar-refractivity contribution < 1.29 is 9.90 Å². The Morgan fingerprint density at radius 2 is 2.33 bits per heavy atom. The molecule has 1 aromatic heterocycles. The molecular formula is C10H9ClN2O2. The number of hydrogen-bond donors (Lipinski definition) is 1. The second-order valence-electron chi connectivity index (χ2n) is 2.74. The average molecular weight is 225 g/mol. The highest BCUT2D eigenvalue weighted by atomic mass is 35.5. The number of allylic oxidation sites excluding steroid dienone is 1. The zero-order valence-corrected chi connectivity index (χ0v) is 8.77. The van der Waals surface area contributed by atoms with Gasteiger partial charge >= 0.3 is 0 Å². The highest BCUT2D eigenvalue weighted by Crippen LogP contribution is 2.18. The van der Waals surface area contributed by atoms with E-state index in [4.69, 9.17) is 16.7 Å². The fraction of sp³-hybridized carbons (Fsp3) is 0.100. The van der Waals surface area contributed by atoms with Crippen LogP contribution in [-0.4, -0.2) is 22.6 Å². The minimum absolute atomic E-state index is 0.0874. The first-order chi connectivity index (χ1) is 7.17. The number of rotatable bonds is 3. The van der Waals surface area contributed by atoms with E-state index in [2.05, 4.69) is 9.98 Å². The van der Waals surface area contributed by atoms with E-state index in [0.29, 0.717) is 29.1 Å².